The number of methoxy groups -OCH3 is 1. The molecule has 2 aromatic carbocycles. The molecule has 3 aromatic rings. The van der Waals surface area contributed by atoms with Crippen molar-refractivity contribution in [3.05, 3.63) is 89.1 Å². The van der Waals surface area contributed by atoms with Crippen LogP contribution in [0.15, 0.2) is 65.1 Å². The Kier molecular flexibility index (Phi) is 7.63. The van der Waals surface area contributed by atoms with Gasteiger partial charge in [0.2, 0.25) is 0 Å². The van der Waals surface area contributed by atoms with E-state index in [1.807, 2.05) is 43.3 Å². The lowest BCUT2D eigenvalue weighted by atomic mass is 10.1. The number of carbonyl (C=O) groups is 1. The van der Waals surface area contributed by atoms with Crippen LogP contribution in [0.3, 0.4) is 0 Å². The number of hydrogen-bond donors (Lipinski definition) is 2. The number of ether oxygens (including phenoxy) is 1. The van der Waals surface area contributed by atoms with Crippen molar-refractivity contribution in [1.82, 2.24) is 5.32 Å². The highest BCUT2D eigenvalue weighted by atomic mass is 19.1. The van der Waals surface area contributed by atoms with Gasteiger partial charge in [-0.1, -0.05) is 31.2 Å². The number of hydrogen-bond acceptors (Lipinski definition) is 3. The fourth-order valence-corrected chi connectivity index (χ4v) is 3.36. The fraction of sp³-hybridized carbons (Fsp3) is 0.292. The minimum absolute atomic E-state index is 0.206. The van der Waals surface area contributed by atoms with Gasteiger partial charge in [0.25, 0.3) is 5.91 Å². The standard InChI is InChI=1S/C24H27FN2O3/c1-3-12-26-24(28)23-11-10-22(30-23)17-27(15-18-6-4-8-20(25)13-18)16-19-7-5-9-21(14-19)29-2/h4-11,13-14H,3,12,15-17H2,1-2H3,(H,26,28)/p+1. The van der Waals surface area contributed by atoms with E-state index in [0.29, 0.717) is 37.7 Å². The monoisotopic (exact) mass is 411 g/mol. The van der Waals surface area contributed by atoms with E-state index >= 15 is 0 Å². The molecule has 0 spiro atoms. The van der Waals surface area contributed by atoms with Gasteiger partial charge in [-0.25, -0.2) is 4.39 Å². The number of rotatable bonds is 10. The van der Waals surface area contributed by atoms with Gasteiger partial charge in [0.15, 0.2) is 11.5 Å². The first-order chi connectivity index (χ1) is 14.6. The molecule has 3 rings (SSSR count). The van der Waals surface area contributed by atoms with E-state index in [1.165, 1.54) is 6.07 Å². The van der Waals surface area contributed by atoms with Gasteiger partial charge in [-0.2, -0.15) is 0 Å². The quantitative estimate of drug-likeness (QED) is 0.538. The van der Waals surface area contributed by atoms with Crippen molar-refractivity contribution in [3.8, 4) is 5.75 Å². The molecule has 1 unspecified atom stereocenters. The first kappa shape index (κ1) is 21.6. The second-order valence-electron chi connectivity index (χ2n) is 7.28. The molecule has 1 aromatic heterocycles. The summed E-state index contributed by atoms with van der Waals surface area (Å²) in [6.45, 7) is 4.50. The lowest BCUT2D eigenvalue weighted by Crippen LogP contribution is -3.08. The molecule has 5 nitrogen and oxygen atoms in total. The van der Waals surface area contributed by atoms with Crippen molar-refractivity contribution in [2.24, 2.45) is 0 Å². The molecule has 0 aliphatic rings. The van der Waals surface area contributed by atoms with E-state index in [4.69, 9.17) is 9.15 Å². The number of quaternary nitrogens is 1. The van der Waals surface area contributed by atoms with Crippen molar-refractivity contribution in [2.75, 3.05) is 13.7 Å². The zero-order valence-corrected chi connectivity index (χ0v) is 17.4. The van der Waals surface area contributed by atoms with Gasteiger partial charge in [-0.15, -0.1) is 0 Å². The molecular formula is C24H28FN2O3+. The Morgan fingerprint density at radius 3 is 2.47 bits per heavy atom. The molecule has 1 atom stereocenters. The fourth-order valence-electron chi connectivity index (χ4n) is 3.36. The summed E-state index contributed by atoms with van der Waals surface area (Å²) in [7, 11) is 1.64. The van der Waals surface area contributed by atoms with Gasteiger partial charge in [-0.05, 0) is 42.8 Å². The molecule has 0 aliphatic heterocycles. The molecule has 158 valence electrons. The molecule has 0 saturated heterocycles. The zero-order valence-electron chi connectivity index (χ0n) is 17.4. The van der Waals surface area contributed by atoms with Crippen LogP contribution in [-0.2, 0) is 19.6 Å². The minimum Gasteiger partial charge on any atom is -0.497 e. The Bertz CT molecular complexity index is 970. The maximum absolute atomic E-state index is 13.7. The second-order valence-corrected chi connectivity index (χ2v) is 7.28. The first-order valence-electron chi connectivity index (χ1n) is 10.1. The zero-order chi connectivity index (χ0) is 21.3. The summed E-state index contributed by atoms with van der Waals surface area (Å²) in [5, 5.41) is 2.82. The number of amides is 1. The van der Waals surface area contributed by atoms with Gasteiger partial charge < -0.3 is 19.4 Å². The Balaban J connectivity index is 1.76. The Morgan fingerprint density at radius 2 is 1.77 bits per heavy atom. The van der Waals surface area contributed by atoms with E-state index < -0.39 is 0 Å². The van der Waals surface area contributed by atoms with Gasteiger partial charge >= 0.3 is 0 Å². The highest BCUT2D eigenvalue weighted by Gasteiger charge is 2.17. The molecule has 0 saturated carbocycles. The van der Waals surface area contributed by atoms with Crippen LogP contribution in [0.1, 0.15) is 40.8 Å². The summed E-state index contributed by atoms with van der Waals surface area (Å²) >= 11 is 0. The summed E-state index contributed by atoms with van der Waals surface area (Å²) in [6, 6.07) is 18.1. The average molecular weight is 411 g/mol. The summed E-state index contributed by atoms with van der Waals surface area (Å²) in [5.74, 6) is 1.37. The third-order valence-electron chi connectivity index (χ3n) is 4.78. The first-order valence-corrected chi connectivity index (χ1v) is 10.1. The maximum Gasteiger partial charge on any atom is 0.286 e. The van der Waals surface area contributed by atoms with Crippen molar-refractivity contribution in [2.45, 2.75) is 33.0 Å². The SMILES string of the molecule is CCCNC(=O)c1ccc(C[NH+](Cc2cccc(F)c2)Cc2cccc(OC)c2)o1. The summed E-state index contributed by atoms with van der Waals surface area (Å²) in [4.78, 5) is 13.3. The number of carbonyl (C=O) groups excluding carboxylic acids is 1. The number of halogens is 1. The van der Waals surface area contributed by atoms with Gasteiger partial charge in [0.1, 0.15) is 31.2 Å². The molecule has 0 fully saturated rings. The normalized spacial score (nSPS) is 11.8. The van der Waals surface area contributed by atoms with Crippen LogP contribution in [0, 0.1) is 5.82 Å². The largest absolute Gasteiger partial charge is 0.497 e. The summed E-state index contributed by atoms with van der Waals surface area (Å²) in [5.41, 5.74) is 2.01. The molecule has 30 heavy (non-hydrogen) atoms. The van der Waals surface area contributed by atoms with Crippen molar-refractivity contribution < 1.29 is 23.2 Å². The lowest BCUT2D eigenvalue weighted by molar-refractivity contribution is -0.942. The molecule has 0 radical (unpaired) electrons. The predicted molar refractivity (Wildman–Crippen MR) is 113 cm³/mol. The van der Waals surface area contributed by atoms with Crippen LogP contribution in [0.4, 0.5) is 4.39 Å². The molecule has 1 amide bonds. The third-order valence-corrected chi connectivity index (χ3v) is 4.78. The molecule has 0 bridgehead atoms. The van der Waals surface area contributed by atoms with Gasteiger partial charge in [0.05, 0.1) is 7.11 Å². The summed E-state index contributed by atoms with van der Waals surface area (Å²) in [6.07, 6.45) is 0.866. The Labute approximate surface area is 176 Å². The van der Waals surface area contributed by atoms with Crippen molar-refractivity contribution in [1.29, 1.82) is 0 Å². The predicted octanol–water partition coefficient (Wildman–Crippen LogP) is 3.35. The maximum atomic E-state index is 13.7. The van der Waals surface area contributed by atoms with E-state index in [1.54, 1.807) is 25.3 Å². The van der Waals surface area contributed by atoms with Crippen LogP contribution in [-0.4, -0.2) is 19.6 Å². The van der Waals surface area contributed by atoms with Gasteiger partial charge in [0, 0.05) is 17.7 Å². The van der Waals surface area contributed by atoms with Crippen molar-refractivity contribution >= 4 is 5.91 Å². The van der Waals surface area contributed by atoms with Crippen LogP contribution in [0.5, 0.6) is 5.75 Å². The highest BCUT2D eigenvalue weighted by molar-refractivity contribution is 5.91. The van der Waals surface area contributed by atoms with Crippen LogP contribution < -0.4 is 15.0 Å². The molecule has 0 aliphatic carbocycles. The number of furan rings is 1. The van der Waals surface area contributed by atoms with E-state index in [-0.39, 0.29) is 11.7 Å². The topological polar surface area (TPSA) is 55.9 Å². The molecule has 2 N–H and O–H groups in total. The van der Waals surface area contributed by atoms with Gasteiger partial charge in [-0.3, -0.25) is 4.79 Å². The van der Waals surface area contributed by atoms with Crippen LogP contribution in [0.25, 0.3) is 0 Å². The molecular weight excluding hydrogens is 383 g/mol. The minimum atomic E-state index is -0.249. The third kappa shape index (κ3) is 6.19. The second kappa shape index (κ2) is 10.6. The molecule has 1 heterocycles. The van der Waals surface area contributed by atoms with E-state index in [0.717, 1.165) is 28.2 Å². The average Bonchev–Trinajstić information content (AvgIpc) is 3.20. The Morgan fingerprint density at radius 1 is 1.03 bits per heavy atom. The van der Waals surface area contributed by atoms with Crippen molar-refractivity contribution in [3.63, 3.8) is 0 Å². The highest BCUT2D eigenvalue weighted by Crippen LogP contribution is 2.12. The smallest absolute Gasteiger partial charge is 0.286 e. The lowest BCUT2D eigenvalue weighted by Gasteiger charge is -2.19. The number of benzene rings is 2. The summed E-state index contributed by atoms with van der Waals surface area (Å²) < 4.78 is 24.8. The molecule has 6 heteroatoms. The van der Waals surface area contributed by atoms with E-state index in [2.05, 4.69) is 5.32 Å². The van der Waals surface area contributed by atoms with E-state index in [9.17, 15) is 9.18 Å². The van der Waals surface area contributed by atoms with Crippen LogP contribution >= 0.6 is 0 Å². The Hall–Kier alpha value is -3.12. The van der Waals surface area contributed by atoms with Crippen LogP contribution in [0.2, 0.25) is 0 Å². The number of nitrogens with one attached hydrogen (secondary N) is 2.